The molecule has 1 aliphatic rings. The van der Waals surface area contributed by atoms with E-state index in [-0.39, 0.29) is 0 Å². The van der Waals surface area contributed by atoms with Crippen molar-refractivity contribution in [1.82, 2.24) is 4.90 Å². The minimum atomic E-state index is 0.445. The van der Waals surface area contributed by atoms with Gasteiger partial charge in [-0.05, 0) is 25.9 Å². The van der Waals surface area contributed by atoms with Gasteiger partial charge >= 0.3 is 0 Å². The van der Waals surface area contributed by atoms with E-state index >= 15 is 0 Å². The van der Waals surface area contributed by atoms with Crippen molar-refractivity contribution in [2.75, 3.05) is 19.6 Å². The summed E-state index contributed by atoms with van der Waals surface area (Å²) in [7, 11) is 0. The summed E-state index contributed by atoms with van der Waals surface area (Å²) in [5.74, 6) is 0. The summed E-state index contributed by atoms with van der Waals surface area (Å²) < 4.78 is 0. The molecule has 1 heterocycles. The standard InChI is InChI=1S/C8H16N2/c1-2-5-10-6-3-8(9)4-7-10/h2,8H,1,3-7,9H2. The van der Waals surface area contributed by atoms with E-state index in [9.17, 15) is 0 Å². The fraction of sp³-hybridized carbons (Fsp3) is 0.750. The summed E-state index contributed by atoms with van der Waals surface area (Å²) in [5, 5.41) is 0. The highest BCUT2D eigenvalue weighted by atomic mass is 15.1. The lowest BCUT2D eigenvalue weighted by Gasteiger charge is -2.28. The van der Waals surface area contributed by atoms with E-state index in [1.165, 1.54) is 0 Å². The van der Waals surface area contributed by atoms with Gasteiger partial charge in [-0.1, -0.05) is 6.08 Å². The van der Waals surface area contributed by atoms with Gasteiger partial charge in [-0.25, -0.2) is 0 Å². The predicted octanol–water partition coefficient (Wildman–Crippen LogP) is 0.596. The van der Waals surface area contributed by atoms with Crippen LogP contribution < -0.4 is 5.73 Å². The maximum atomic E-state index is 5.74. The zero-order valence-corrected chi connectivity index (χ0v) is 6.42. The van der Waals surface area contributed by atoms with Crippen molar-refractivity contribution in [2.24, 2.45) is 5.73 Å². The topological polar surface area (TPSA) is 29.3 Å². The van der Waals surface area contributed by atoms with Crippen LogP contribution in [0, 0.1) is 0 Å². The first-order chi connectivity index (χ1) is 4.83. The van der Waals surface area contributed by atoms with E-state index in [4.69, 9.17) is 5.73 Å². The molecule has 1 fully saturated rings. The van der Waals surface area contributed by atoms with Crippen LogP contribution >= 0.6 is 0 Å². The van der Waals surface area contributed by atoms with Gasteiger partial charge in [-0.3, -0.25) is 4.90 Å². The van der Waals surface area contributed by atoms with E-state index in [0.29, 0.717) is 6.04 Å². The largest absolute Gasteiger partial charge is 0.328 e. The molecule has 2 heteroatoms. The lowest BCUT2D eigenvalue weighted by Crippen LogP contribution is -2.39. The Labute approximate surface area is 62.7 Å². The second kappa shape index (κ2) is 3.74. The molecule has 0 saturated carbocycles. The van der Waals surface area contributed by atoms with Crippen molar-refractivity contribution in [3.63, 3.8) is 0 Å². The number of hydrogen-bond donors (Lipinski definition) is 1. The Kier molecular flexibility index (Phi) is 2.90. The number of hydrogen-bond acceptors (Lipinski definition) is 2. The third kappa shape index (κ3) is 2.12. The summed E-state index contributed by atoms with van der Waals surface area (Å²) in [6, 6.07) is 0.445. The van der Waals surface area contributed by atoms with Crippen LogP contribution in [-0.2, 0) is 0 Å². The Bertz CT molecular complexity index is 104. The van der Waals surface area contributed by atoms with Gasteiger partial charge < -0.3 is 5.73 Å². The van der Waals surface area contributed by atoms with Crippen LogP contribution in [-0.4, -0.2) is 30.6 Å². The van der Waals surface area contributed by atoms with Gasteiger partial charge in [0, 0.05) is 12.6 Å². The van der Waals surface area contributed by atoms with Crippen molar-refractivity contribution in [3.05, 3.63) is 12.7 Å². The second-order valence-electron chi connectivity index (χ2n) is 2.93. The molecule has 0 atom stereocenters. The van der Waals surface area contributed by atoms with Crippen LogP contribution in [0.3, 0.4) is 0 Å². The maximum absolute atomic E-state index is 5.74. The molecule has 0 aromatic heterocycles. The minimum absolute atomic E-state index is 0.445. The zero-order valence-electron chi connectivity index (χ0n) is 6.42. The molecule has 2 N–H and O–H groups in total. The van der Waals surface area contributed by atoms with Crippen molar-refractivity contribution in [1.29, 1.82) is 0 Å². The lowest BCUT2D eigenvalue weighted by atomic mass is 10.1. The third-order valence-corrected chi connectivity index (χ3v) is 2.02. The molecule has 10 heavy (non-hydrogen) atoms. The molecule has 0 spiro atoms. The predicted molar refractivity (Wildman–Crippen MR) is 43.8 cm³/mol. The van der Waals surface area contributed by atoms with Gasteiger partial charge in [0.25, 0.3) is 0 Å². The Morgan fingerprint density at radius 3 is 2.60 bits per heavy atom. The van der Waals surface area contributed by atoms with Crippen molar-refractivity contribution in [3.8, 4) is 0 Å². The summed E-state index contributed by atoms with van der Waals surface area (Å²) in [6.45, 7) is 7.01. The van der Waals surface area contributed by atoms with E-state index in [0.717, 1.165) is 32.5 Å². The molecular formula is C8H16N2. The molecule has 1 rings (SSSR count). The normalized spacial score (nSPS) is 22.9. The van der Waals surface area contributed by atoms with Crippen molar-refractivity contribution >= 4 is 0 Å². The average molecular weight is 140 g/mol. The van der Waals surface area contributed by atoms with E-state index < -0.39 is 0 Å². The van der Waals surface area contributed by atoms with Crippen LogP contribution in [0.4, 0.5) is 0 Å². The van der Waals surface area contributed by atoms with Crippen molar-refractivity contribution in [2.45, 2.75) is 18.9 Å². The SMILES string of the molecule is C=CCN1CCC(N)CC1. The molecule has 58 valence electrons. The van der Waals surface area contributed by atoms with Gasteiger partial charge in [0.2, 0.25) is 0 Å². The molecule has 2 nitrogen and oxygen atoms in total. The number of piperidine rings is 1. The van der Waals surface area contributed by atoms with Gasteiger partial charge in [0.05, 0.1) is 0 Å². The molecule has 0 aromatic rings. The summed E-state index contributed by atoms with van der Waals surface area (Å²) in [6.07, 6.45) is 4.25. The Hall–Kier alpha value is -0.340. The zero-order chi connectivity index (χ0) is 7.40. The number of nitrogens with zero attached hydrogens (tertiary/aromatic N) is 1. The lowest BCUT2D eigenvalue weighted by molar-refractivity contribution is 0.233. The fourth-order valence-electron chi connectivity index (χ4n) is 1.32. The van der Waals surface area contributed by atoms with Crippen molar-refractivity contribution < 1.29 is 0 Å². The first-order valence-corrected chi connectivity index (χ1v) is 3.92. The number of likely N-dealkylation sites (tertiary alicyclic amines) is 1. The highest BCUT2D eigenvalue weighted by Gasteiger charge is 2.13. The van der Waals surface area contributed by atoms with E-state index in [1.54, 1.807) is 0 Å². The molecule has 0 radical (unpaired) electrons. The highest BCUT2D eigenvalue weighted by molar-refractivity contribution is 4.79. The van der Waals surface area contributed by atoms with Crippen LogP contribution in [0.5, 0.6) is 0 Å². The Balaban J connectivity index is 2.19. The molecular weight excluding hydrogens is 124 g/mol. The Morgan fingerprint density at radius 2 is 2.10 bits per heavy atom. The van der Waals surface area contributed by atoms with Gasteiger partial charge in [-0.15, -0.1) is 6.58 Å². The number of rotatable bonds is 2. The first kappa shape index (κ1) is 7.76. The summed E-state index contributed by atoms with van der Waals surface area (Å²) >= 11 is 0. The Morgan fingerprint density at radius 1 is 1.50 bits per heavy atom. The third-order valence-electron chi connectivity index (χ3n) is 2.02. The smallest absolute Gasteiger partial charge is 0.0160 e. The van der Waals surface area contributed by atoms with Gasteiger partial charge in [0.1, 0.15) is 0 Å². The van der Waals surface area contributed by atoms with Gasteiger partial charge in [0.15, 0.2) is 0 Å². The van der Waals surface area contributed by atoms with Crippen LogP contribution in [0.25, 0.3) is 0 Å². The second-order valence-corrected chi connectivity index (χ2v) is 2.93. The molecule has 1 aliphatic heterocycles. The molecule has 0 unspecified atom stereocenters. The van der Waals surface area contributed by atoms with Gasteiger partial charge in [-0.2, -0.15) is 0 Å². The van der Waals surface area contributed by atoms with Crippen LogP contribution in [0.2, 0.25) is 0 Å². The average Bonchev–Trinajstić information content (AvgIpc) is 1.95. The fourth-order valence-corrected chi connectivity index (χ4v) is 1.32. The minimum Gasteiger partial charge on any atom is -0.328 e. The van der Waals surface area contributed by atoms with Crippen LogP contribution in [0.1, 0.15) is 12.8 Å². The first-order valence-electron chi connectivity index (χ1n) is 3.92. The number of nitrogens with two attached hydrogens (primary N) is 1. The molecule has 0 bridgehead atoms. The molecule has 0 aliphatic carbocycles. The summed E-state index contributed by atoms with van der Waals surface area (Å²) in [4.78, 5) is 2.39. The highest BCUT2D eigenvalue weighted by Crippen LogP contribution is 2.06. The maximum Gasteiger partial charge on any atom is 0.0160 e. The molecule has 1 saturated heterocycles. The quantitative estimate of drug-likeness (QED) is 0.569. The van der Waals surface area contributed by atoms with Crippen LogP contribution in [0.15, 0.2) is 12.7 Å². The van der Waals surface area contributed by atoms with E-state index in [2.05, 4.69) is 11.5 Å². The summed E-state index contributed by atoms with van der Waals surface area (Å²) in [5.41, 5.74) is 5.74. The van der Waals surface area contributed by atoms with E-state index in [1.807, 2.05) is 6.08 Å². The molecule has 0 aromatic carbocycles. The molecule has 0 amide bonds. The monoisotopic (exact) mass is 140 g/mol.